The summed E-state index contributed by atoms with van der Waals surface area (Å²) in [5, 5.41) is 3.77. The lowest BCUT2D eigenvalue weighted by molar-refractivity contribution is -0.139. The number of fused-ring (bicyclic) bond motifs is 1. The number of ether oxygens (including phenoxy) is 3. The molecular weight excluding hydrogens is 563 g/mol. The molecule has 0 N–H and O–H groups in total. The number of thioether (sulfide) groups is 1. The average Bonchev–Trinajstić information content (AvgIpc) is 3.26. The predicted octanol–water partition coefficient (Wildman–Crippen LogP) is 7.11. The van der Waals surface area contributed by atoms with Crippen molar-refractivity contribution >= 4 is 62.0 Å². The highest BCUT2D eigenvalue weighted by Crippen LogP contribution is 2.45. The molecule has 0 bridgehead atoms. The van der Waals surface area contributed by atoms with E-state index in [0.29, 0.717) is 42.9 Å². The van der Waals surface area contributed by atoms with E-state index in [1.165, 1.54) is 11.8 Å². The highest BCUT2D eigenvalue weighted by Gasteiger charge is 2.38. The first-order chi connectivity index (χ1) is 16.3. The summed E-state index contributed by atoms with van der Waals surface area (Å²) in [5.41, 5.74) is 2.59. The Balaban J connectivity index is 1.73. The first-order valence-electron chi connectivity index (χ1n) is 10.4. The van der Waals surface area contributed by atoms with E-state index in [9.17, 15) is 4.79 Å². The molecule has 0 fully saturated rings. The lowest BCUT2D eigenvalue weighted by atomic mass is 9.94. The fraction of sp³-hybridized carbons (Fsp3) is 0.250. The summed E-state index contributed by atoms with van der Waals surface area (Å²) in [6, 6.07) is 8.63. The minimum Gasteiger partial charge on any atom is -0.493 e. The van der Waals surface area contributed by atoms with Crippen molar-refractivity contribution in [3.05, 3.63) is 78.9 Å². The summed E-state index contributed by atoms with van der Waals surface area (Å²) in [5.74, 6) is 0.590. The third-order valence-corrected chi connectivity index (χ3v) is 7.37. The van der Waals surface area contributed by atoms with Crippen LogP contribution in [0.2, 0.25) is 10.0 Å². The number of rotatable bonds is 7. The molecule has 0 spiro atoms. The molecule has 34 heavy (non-hydrogen) atoms. The number of benzene rings is 2. The van der Waals surface area contributed by atoms with Crippen LogP contribution in [0.3, 0.4) is 0 Å². The second-order valence-corrected chi connectivity index (χ2v) is 9.89. The van der Waals surface area contributed by atoms with E-state index in [2.05, 4.69) is 20.9 Å². The van der Waals surface area contributed by atoms with E-state index in [0.717, 1.165) is 10.7 Å². The van der Waals surface area contributed by atoms with Crippen molar-refractivity contribution in [2.75, 3.05) is 13.7 Å². The van der Waals surface area contributed by atoms with Gasteiger partial charge in [-0.1, -0.05) is 41.0 Å². The molecule has 6 nitrogen and oxygen atoms in total. The van der Waals surface area contributed by atoms with E-state index in [1.54, 1.807) is 32.2 Å². The number of hydrogen-bond acceptors (Lipinski definition) is 7. The lowest BCUT2D eigenvalue weighted by Crippen LogP contribution is -2.34. The van der Waals surface area contributed by atoms with Crippen LogP contribution in [0, 0.1) is 0 Å². The van der Waals surface area contributed by atoms with Gasteiger partial charge in [0.2, 0.25) is 0 Å². The van der Waals surface area contributed by atoms with Crippen LogP contribution in [0.5, 0.6) is 11.5 Å². The zero-order valence-electron chi connectivity index (χ0n) is 18.6. The second-order valence-electron chi connectivity index (χ2n) is 7.35. The maximum Gasteiger partial charge on any atom is 0.338 e. The predicted molar refractivity (Wildman–Crippen MR) is 140 cm³/mol. The Morgan fingerprint density at radius 3 is 2.68 bits per heavy atom. The molecule has 178 valence electrons. The summed E-state index contributed by atoms with van der Waals surface area (Å²) in [7, 11) is 1.56. The van der Waals surface area contributed by atoms with Crippen molar-refractivity contribution in [3.8, 4) is 11.5 Å². The van der Waals surface area contributed by atoms with Crippen LogP contribution in [-0.4, -0.2) is 29.8 Å². The van der Waals surface area contributed by atoms with Crippen molar-refractivity contribution < 1.29 is 19.0 Å². The molecule has 0 radical (unpaired) electrons. The van der Waals surface area contributed by atoms with Crippen LogP contribution >= 0.6 is 50.9 Å². The van der Waals surface area contributed by atoms with E-state index < -0.39 is 12.0 Å². The molecule has 2 aliphatic rings. The van der Waals surface area contributed by atoms with Gasteiger partial charge in [0.15, 0.2) is 16.7 Å². The van der Waals surface area contributed by atoms with Crippen molar-refractivity contribution in [1.82, 2.24) is 4.90 Å². The van der Waals surface area contributed by atoms with Gasteiger partial charge >= 0.3 is 5.97 Å². The Hall–Kier alpha value is -2.13. The molecule has 0 aromatic heterocycles. The molecule has 2 aromatic carbocycles. The van der Waals surface area contributed by atoms with Crippen molar-refractivity contribution in [2.24, 2.45) is 4.99 Å². The largest absolute Gasteiger partial charge is 0.493 e. The zero-order chi connectivity index (χ0) is 24.4. The number of carbonyl (C=O) groups is 1. The number of nitrogens with zero attached hydrogens (tertiary/aromatic N) is 2. The highest BCUT2D eigenvalue weighted by molar-refractivity contribution is 9.10. The molecule has 0 amide bonds. The third-order valence-electron chi connectivity index (χ3n) is 5.31. The van der Waals surface area contributed by atoms with E-state index >= 15 is 0 Å². The molecule has 10 heteroatoms. The minimum atomic E-state index is -0.435. The fourth-order valence-electron chi connectivity index (χ4n) is 3.75. The van der Waals surface area contributed by atoms with E-state index in [1.807, 2.05) is 35.6 Å². The number of methoxy groups -OCH3 is 1. The third kappa shape index (κ3) is 4.82. The number of carbonyl (C=O) groups excluding carboxylic acids is 1. The summed E-state index contributed by atoms with van der Waals surface area (Å²) < 4.78 is 17.7. The molecule has 0 unspecified atom stereocenters. The SMILES string of the molecule is CCOC(=O)C1=C(C)N=C2SC=CN2[C@H]1c1cc(Br)c(OCc2c(Cl)cccc2Cl)c(OC)c1. The minimum absolute atomic E-state index is 0.158. The van der Waals surface area contributed by atoms with Gasteiger partial charge in [0.1, 0.15) is 6.61 Å². The molecule has 2 aromatic rings. The van der Waals surface area contributed by atoms with Gasteiger partial charge in [-0.2, -0.15) is 0 Å². The van der Waals surface area contributed by atoms with E-state index in [-0.39, 0.29) is 13.2 Å². The van der Waals surface area contributed by atoms with Gasteiger partial charge in [0, 0.05) is 21.8 Å². The maximum absolute atomic E-state index is 12.9. The molecule has 0 saturated carbocycles. The van der Waals surface area contributed by atoms with Crippen molar-refractivity contribution in [2.45, 2.75) is 26.5 Å². The van der Waals surface area contributed by atoms with Crippen LogP contribution in [-0.2, 0) is 16.1 Å². The van der Waals surface area contributed by atoms with Gasteiger partial charge < -0.3 is 19.1 Å². The lowest BCUT2D eigenvalue weighted by Gasteiger charge is -2.33. The number of amidine groups is 1. The molecule has 1 atom stereocenters. The van der Waals surface area contributed by atoms with Crippen molar-refractivity contribution in [1.29, 1.82) is 0 Å². The second kappa shape index (κ2) is 10.6. The standard InChI is InChI=1S/C24H21BrCl2N2O4S/c1-4-32-23(30)20-13(2)28-24-29(8-9-34-24)21(20)14-10-16(25)22(19(11-14)31-3)33-12-15-17(26)6-5-7-18(15)27/h5-11,21H,4,12H2,1-3H3/t21-/m0/s1. The first kappa shape index (κ1) is 25.0. The summed E-state index contributed by atoms with van der Waals surface area (Å²) in [4.78, 5) is 19.5. The maximum atomic E-state index is 12.9. The number of aliphatic imine (C=N–C) groups is 1. The van der Waals surface area contributed by atoms with Crippen LogP contribution in [0.1, 0.15) is 31.0 Å². The monoisotopic (exact) mass is 582 g/mol. The van der Waals surface area contributed by atoms with Crippen molar-refractivity contribution in [3.63, 3.8) is 0 Å². The number of allylic oxidation sites excluding steroid dienone is 1. The molecular formula is C24H21BrCl2N2O4S. The molecule has 4 rings (SSSR count). The molecule has 2 aliphatic heterocycles. The molecule has 2 heterocycles. The fourth-order valence-corrected chi connectivity index (χ4v) is 5.62. The topological polar surface area (TPSA) is 60.4 Å². The summed E-state index contributed by atoms with van der Waals surface area (Å²) >= 11 is 17.7. The first-order valence-corrected chi connectivity index (χ1v) is 12.8. The van der Waals surface area contributed by atoms with Gasteiger partial charge in [-0.05, 0) is 65.0 Å². The Morgan fingerprint density at radius 2 is 2.00 bits per heavy atom. The van der Waals surface area contributed by atoms with Gasteiger partial charge in [0.05, 0.1) is 35.5 Å². The van der Waals surface area contributed by atoms with Crippen LogP contribution < -0.4 is 9.47 Å². The van der Waals surface area contributed by atoms with Gasteiger partial charge in [-0.3, -0.25) is 0 Å². The van der Waals surface area contributed by atoms with Gasteiger partial charge in [-0.25, -0.2) is 9.79 Å². The number of hydrogen-bond donors (Lipinski definition) is 0. The Kier molecular flexibility index (Phi) is 7.82. The number of halogens is 3. The quantitative estimate of drug-likeness (QED) is 0.324. The summed E-state index contributed by atoms with van der Waals surface area (Å²) in [6.07, 6.45) is 1.91. The molecule has 0 aliphatic carbocycles. The van der Waals surface area contributed by atoms with Crippen LogP contribution in [0.15, 0.2) is 62.7 Å². The normalized spacial score (nSPS) is 16.9. The highest BCUT2D eigenvalue weighted by atomic mass is 79.9. The Labute approximate surface area is 220 Å². The smallest absolute Gasteiger partial charge is 0.338 e. The summed E-state index contributed by atoms with van der Waals surface area (Å²) in [6.45, 7) is 4.03. The Morgan fingerprint density at radius 1 is 1.26 bits per heavy atom. The van der Waals surface area contributed by atoms with Gasteiger partial charge in [0.25, 0.3) is 0 Å². The van der Waals surface area contributed by atoms with Crippen LogP contribution in [0.4, 0.5) is 0 Å². The Bertz CT molecular complexity index is 1210. The van der Waals surface area contributed by atoms with E-state index in [4.69, 9.17) is 37.4 Å². The zero-order valence-corrected chi connectivity index (χ0v) is 22.5. The average molecular weight is 584 g/mol. The molecule has 0 saturated heterocycles. The number of esters is 1. The van der Waals surface area contributed by atoms with Crippen LogP contribution in [0.25, 0.3) is 0 Å². The van der Waals surface area contributed by atoms with Gasteiger partial charge in [-0.15, -0.1) is 0 Å².